The second-order valence-electron chi connectivity index (χ2n) is 9.10. The Morgan fingerprint density at radius 1 is 1.03 bits per heavy atom. The van der Waals surface area contributed by atoms with Crippen LogP contribution in [0.15, 0.2) is 48.5 Å². The summed E-state index contributed by atoms with van der Waals surface area (Å²) in [5.74, 6) is 0.246. The zero-order valence-corrected chi connectivity index (χ0v) is 20.1. The summed E-state index contributed by atoms with van der Waals surface area (Å²) in [7, 11) is 4.02. The molecule has 2 amide bonds. The molecule has 1 aliphatic carbocycles. The Hall–Kier alpha value is -2.82. The molecule has 0 saturated heterocycles. The largest absolute Gasteiger partial charge is 0.377 e. The first kappa shape index (κ1) is 23.8. The van der Waals surface area contributed by atoms with Crippen LogP contribution in [-0.2, 0) is 16.1 Å². The minimum Gasteiger partial charge on any atom is -0.377 e. The molecule has 0 bridgehead atoms. The third kappa shape index (κ3) is 5.70. The van der Waals surface area contributed by atoms with Gasteiger partial charge in [0.1, 0.15) is 0 Å². The van der Waals surface area contributed by atoms with Crippen LogP contribution in [0.2, 0.25) is 0 Å². The van der Waals surface area contributed by atoms with Crippen LogP contribution in [0.25, 0.3) is 0 Å². The lowest BCUT2D eigenvalue weighted by molar-refractivity contribution is -0.135. The number of rotatable bonds is 10. The van der Waals surface area contributed by atoms with Gasteiger partial charge in [-0.1, -0.05) is 44.2 Å². The summed E-state index contributed by atoms with van der Waals surface area (Å²) in [4.78, 5) is 30.1. The van der Waals surface area contributed by atoms with Crippen molar-refractivity contribution in [1.82, 2.24) is 4.90 Å². The topological polar surface area (TPSA) is 52.7 Å². The van der Waals surface area contributed by atoms with Gasteiger partial charge in [-0.05, 0) is 61.9 Å². The number of amides is 2. The third-order valence-corrected chi connectivity index (χ3v) is 6.43. The molecule has 0 aliphatic heterocycles. The highest BCUT2D eigenvalue weighted by Crippen LogP contribution is 2.32. The van der Waals surface area contributed by atoms with E-state index in [0.717, 1.165) is 48.2 Å². The van der Waals surface area contributed by atoms with Crippen molar-refractivity contribution in [2.45, 2.75) is 65.0 Å². The molecular weight excluding hydrogens is 398 g/mol. The van der Waals surface area contributed by atoms with Crippen molar-refractivity contribution in [3.63, 3.8) is 0 Å². The minimum absolute atomic E-state index is 0.0959. The minimum atomic E-state index is -0.161. The standard InChI is InChI=1S/C27H37N3O2/c1-6-19(3)30(27(32)24(7-2)20-11-9-8-10-12-20)18-22-17-23(15-16-25(22)29(4)5)28-26(31)21-13-14-21/h8-12,15-17,19,21,24H,6-7,13-14,18H2,1-5H3,(H,28,31)/t19-,24-/m1/s1. The van der Waals surface area contributed by atoms with Crippen molar-refractivity contribution < 1.29 is 9.59 Å². The fourth-order valence-corrected chi connectivity index (χ4v) is 4.11. The molecule has 5 heteroatoms. The first-order valence-electron chi connectivity index (χ1n) is 11.8. The van der Waals surface area contributed by atoms with Gasteiger partial charge in [-0.3, -0.25) is 9.59 Å². The van der Waals surface area contributed by atoms with Crippen molar-refractivity contribution in [2.24, 2.45) is 5.92 Å². The van der Waals surface area contributed by atoms with Crippen LogP contribution in [0, 0.1) is 5.92 Å². The molecule has 0 aromatic heterocycles. The van der Waals surface area contributed by atoms with Gasteiger partial charge in [-0.2, -0.15) is 0 Å². The van der Waals surface area contributed by atoms with Gasteiger partial charge in [0, 0.05) is 44.0 Å². The lowest BCUT2D eigenvalue weighted by atomic mass is 9.94. The van der Waals surface area contributed by atoms with Crippen molar-refractivity contribution in [3.8, 4) is 0 Å². The quantitative estimate of drug-likeness (QED) is 0.542. The number of nitrogens with one attached hydrogen (secondary N) is 1. The first-order valence-corrected chi connectivity index (χ1v) is 11.8. The lowest BCUT2D eigenvalue weighted by Gasteiger charge is -2.33. The van der Waals surface area contributed by atoms with Crippen molar-refractivity contribution in [2.75, 3.05) is 24.3 Å². The number of hydrogen-bond acceptors (Lipinski definition) is 3. The Kier molecular flexibility index (Phi) is 7.94. The van der Waals surface area contributed by atoms with Crippen LogP contribution in [-0.4, -0.2) is 36.9 Å². The van der Waals surface area contributed by atoms with Gasteiger partial charge >= 0.3 is 0 Å². The molecule has 0 unspecified atom stereocenters. The zero-order valence-electron chi connectivity index (χ0n) is 20.1. The van der Waals surface area contributed by atoms with E-state index in [1.54, 1.807) is 0 Å². The second kappa shape index (κ2) is 10.7. The Morgan fingerprint density at radius 3 is 2.28 bits per heavy atom. The SMILES string of the molecule is CC[C@@H](C)N(Cc1cc(NC(=O)C2CC2)ccc1N(C)C)C(=O)[C@H](CC)c1ccccc1. The van der Waals surface area contributed by atoms with E-state index in [-0.39, 0.29) is 29.7 Å². The van der Waals surface area contributed by atoms with E-state index in [1.807, 2.05) is 67.5 Å². The molecule has 2 aromatic rings. The monoisotopic (exact) mass is 435 g/mol. The van der Waals surface area contributed by atoms with Gasteiger partial charge < -0.3 is 15.1 Å². The molecule has 0 heterocycles. The average Bonchev–Trinajstić information content (AvgIpc) is 3.63. The van der Waals surface area contributed by atoms with Gasteiger partial charge in [0.15, 0.2) is 0 Å². The maximum absolute atomic E-state index is 13.8. The molecule has 0 radical (unpaired) electrons. The molecule has 1 N–H and O–H groups in total. The molecule has 32 heavy (non-hydrogen) atoms. The van der Waals surface area contributed by atoms with Crippen molar-refractivity contribution >= 4 is 23.2 Å². The molecule has 172 valence electrons. The summed E-state index contributed by atoms with van der Waals surface area (Å²) >= 11 is 0. The van der Waals surface area contributed by atoms with Crippen LogP contribution in [0.3, 0.4) is 0 Å². The van der Waals surface area contributed by atoms with Crippen molar-refractivity contribution in [1.29, 1.82) is 0 Å². The molecule has 0 spiro atoms. The van der Waals surface area contributed by atoms with E-state index >= 15 is 0 Å². The molecule has 2 aromatic carbocycles. The molecule has 1 aliphatic rings. The molecule has 5 nitrogen and oxygen atoms in total. The van der Waals surface area contributed by atoms with Gasteiger partial charge in [0.25, 0.3) is 0 Å². The molecule has 3 rings (SSSR count). The maximum Gasteiger partial charge on any atom is 0.230 e. The lowest BCUT2D eigenvalue weighted by Crippen LogP contribution is -2.41. The van der Waals surface area contributed by atoms with Crippen LogP contribution in [0.5, 0.6) is 0 Å². The Morgan fingerprint density at radius 2 is 1.72 bits per heavy atom. The highest BCUT2D eigenvalue weighted by Gasteiger charge is 2.30. The van der Waals surface area contributed by atoms with Crippen LogP contribution >= 0.6 is 0 Å². The second-order valence-corrected chi connectivity index (χ2v) is 9.10. The summed E-state index contributed by atoms with van der Waals surface area (Å²) in [5, 5.41) is 3.05. The molecule has 1 saturated carbocycles. The van der Waals surface area contributed by atoms with Crippen molar-refractivity contribution in [3.05, 3.63) is 59.7 Å². The van der Waals surface area contributed by atoms with Crippen LogP contribution in [0.4, 0.5) is 11.4 Å². The third-order valence-electron chi connectivity index (χ3n) is 6.43. The van der Waals surface area contributed by atoms with E-state index in [2.05, 4.69) is 31.0 Å². The smallest absolute Gasteiger partial charge is 0.230 e. The van der Waals surface area contributed by atoms with E-state index in [9.17, 15) is 9.59 Å². The fourth-order valence-electron chi connectivity index (χ4n) is 4.11. The van der Waals surface area contributed by atoms with Crippen LogP contribution in [0.1, 0.15) is 63.5 Å². The highest BCUT2D eigenvalue weighted by molar-refractivity contribution is 5.94. The Bertz CT molecular complexity index is 922. The number of nitrogens with zero attached hydrogens (tertiary/aromatic N) is 2. The normalized spacial score (nSPS) is 15.0. The van der Waals surface area contributed by atoms with E-state index in [1.165, 1.54) is 0 Å². The summed E-state index contributed by atoms with van der Waals surface area (Å²) in [5.41, 5.74) is 3.96. The number of hydrogen-bond donors (Lipinski definition) is 1. The fraction of sp³-hybridized carbons (Fsp3) is 0.481. The number of anilines is 2. The van der Waals surface area contributed by atoms with E-state index < -0.39 is 0 Å². The Labute approximate surface area is 192 Å². The summed E-state index contributed by atoms with van der Waals surface area (Å²) < 4.78 is 0. The number of carbonyl (C=O) groups excluding carboxylic acids is 2. The van der Waals surface area contributed by atoms with Gasteiger partial charge in [0.2, 0.25) is 11.8 Å². The zero-order chi connectivity index (χ0) is 23.3. The van der Waals surface area contributed by atoms with Gasteiger partial charge in [-0.25, -0.2) is 0 Å². The molecule has 1 fully saturated rings. The predicted molar refractivity (Wildman–Crippen MR) is 132 cm³/mol. The van der Waals surface area contributed by atoms with Crippen LogP contribution < -0.4 is 10.2 Å². The molecular formula is C27H37N3O2. The number of carbonyl (C=O) groups is 2. The van der Waals surface area contributed by atoms with Gasteiger partial charge in [-0.15, -0.1) is 0 Å². The summed E-state index contributed by atoms with van der Waals surface area (Å²) in [6.07, 6.45) is 3.59. The highest BCUT2D eigenvalue weighted by atomic mass is 16.2. The van der Waals surface area contributed by atoms with E-state index in [0.29, 0.717) is 6.54 Å². The Balaban J connectivity index is 1.91. The number of benzene rings is 2. The molecule has 2 atom stereocenters. The first-order chi connectivity index (χ1) is 15.3. The maximum atomic E-state index is 13.8. The average molecular weight is 436 g/mol. The van der Waals surface area contributed by atoms with E-state index in [4.69, 9.17) is 0 Å². The summed E-state index contributed by atoms with van der Waals surface area (Å²) in [6, 6.07) is 16.2. The summed E-state index contributed by atoms with van der Waals surface area (Å²) in [6.45, 7) is 6.82. The van der Waals surface area contributed by atoms with Gasteiger partial charge in [0.05, 0.1) is 5.92 Å². The predicted octanol–water partition coefficient (Wildman–Crippen LogP) is 5.42.